The molecule has 4 rings (SSSR count). The zero-order valence-corrected chi connectivity index (χ0v) is 24.7. The number of aryl methyl sites for hydroxylation is 1. The molecule has 1 heterocycles. The molecule has 0 radical (unpaired) electrons. The van der Waals surface area contributed by atoms with Gasteiger partial charge in [0.05, 0.1) is 32.3 Å². The lowest BCUT2D eigenvalue weighted by molar-refractivity contribution is -0.120. The molecule has 0 aliphatic carbocycles. The van der Waals surface area contributed by atoms with Gasteiger partial charge in [0.15, 0.2) is 0 Å². The molecular formula is C26H26Cl3N3O5S2. The number of nitrogens with zero attached hydrogens (tertiary/aromatic N) is 1. The first-order chi connectivity index (χ1) is 18.3. The lowest BCUT2D eigenvalue weighted by Crippen LogP contribution is -2.44. The van der Waals surface area contributed by atoms with Crippen LogP contribution in [0.1, 0.15) is 24.0 Å². The van der Waals surface area contributed by atoms with Gasteiger partial charge < -0.3 is 5.32 Å². The summed E-state index contributed by atoms with van der Waals surface area (Å²) in [6.07, 6.45) is 1.06. The van der Waals surface area contributed by atoms with Gasteiger partial charge in [0.25, 0.3) is 10.0 Å². The van der Waals surface area contributed by atoms with Gasteiger partial charge in [-0.3, -0.25) is 9.52 Å². The maximum Gasteiger partial charge on any atom is 0.261 e. The maximum absolute atomic E-state index is 13.0. The van der Waals surface area contributed by atoms with Crippen LogP contribution >= 0.6 is 34.8 Å². The van der Waals surface area contributed by atoms with Gasteiger partial charge >= 0.3 is 0 Å². The molecule has 208 valence electrons. The minimum Gasteiger partial charge on any atom is -0.326 e. The van der Waals surface area contributed by atoms with Crippen molar-refractivity contribution in [2.24, 2.45) is 5.92 Å². The molecule has 3 aromatic rings. The molecule has 1 amide bonds. The minimum absolute atomic E-state index is 0.0112. The standard InChI is InChI=1S/C26H26Cl3N3O5S2/c1-17-4-6-20(27)14-25(17)31-39(36,37)22-9-7-21(8-10-22)30-26(33)19-3-2-12-32(15-19)38(34,35)16-18-5-11-23(28)24(29)13-18/h4-11,13-14,19,31H,2-3,12,15-16H2,1H3,(H,30,33)/t19-/m1/s1. The number of rotatable bonds is 8. The third-order valence-corrected chi connectivity index (χ3v) is 10.5. The number of nitrogens with one attached hydrogen (secondary N) is 2. The monoisotopic (exact) mass is 629 g/mol. The molecule has 1 aliphatic rings. The van der Waals surface area contributed by atoms with E-state index in [9.17, 15) is 21.6 Å². The molecule has 39 heavy (non-hydrogen) atoms. The lowest BCUT2D eigenvalue weighted by atomic mass is 9.99. The first-order valence-electron chi connectivity index (χ1n) is 12.0. The molecule has 13 heteroatoms. The Kier molecular flexibility index (Phi) is 9.15. The highest BCUT2D eigenvalue weighted by molar-refractivity contribution is 7.92. The van der Waals surface area contributed by atoms with Crippen molar-refractivity contribution >= 4 is 72.1 Å². The van der Waals surface area contributed by atoms with E-state index in [4.69, 9.17) is 34.8 Å². The topological polar surface area (TPSA) is 113 Å². The van der Waals surface area contributed by atoms with Gasteiger partial charge in [0, 0.05) is 23.8 Å². The number of amides is 1. The van der Waals surface area contributed by atoms with Crippen LogP contribution in [0.5, 0.6) is 0 Å². The Bertz CT molecular complexity index is 1600. The summed E-state index contributed by atoms with van der Waals surface area (Å²) in [4.78, 5) is 13.0. The summed E-state index contributed by atoms with van der Waals surface area (Å²) in [6, 6.07) is 15.3. The number of halogens is 3. The van der Waals surface area contributed by atoms with Gasteiger partial charge in [-0.05, 0) is 79.4 Å². The molecule has 1 aliphatic heterocycles. The molecule has 0 unspecified atom stereocenters. The zero-order chi connectivity index (χ0) is 28.4. The molecule has 0 spiro atoms. The highest BCUT2D eigenvalue weighted by Crippen LogP contribution is 2.27. The van der Waals surface area contributed by atoms with Crippen molar-refractivity contribution < 1.29 is 21.6 Å². The number of hydrogen-bond donors (Lipinski definition) is 2. The summed E-state index contributed by atoms with van der Waals surface area (Å²) < 4.78 is 55.5. The minimum atomic E-state index is -3.88. The Morgan fingerprint density at radius 2 is 1.67 bits per heavy atom. The van der Waals surface area contributed by atoms with Crippen LogP contribution < -0.4 is 10.0 Å². The number of hydrogen-bond acceptors (Lipinski definition) is 5. The summed E-state index contributed by atoms with van der Waals surface area (Å²) in [6.45, 7) is 2.13. The number of carbonyl (C=O) groups is 1. The van der Waals surface area contributed by atoms with Crippen molar-refractivity contribution in [3.8, 4) is 0 Å². The smallest absolute Gasteiger partial charge is 0.261 e. The number of anilines is 2. The lowest BCUT2D eigenvalue weighted by Gasteiger charge is -2.31. The van der Waals surface area contributed by atoms with Crippen molar-refractivity contribution in [1.29, 1.82) is 0 Å². The Morgan fingerprint density at radius 1 is 0.949 bits per heavy atom. The Balaban J connectivity index is 1.39. The summed E-state index contributed by atoms with van der Waals surface area (Å²) in [5, 5.41) is 3.78. The van der Waals surface area contributed by atoms with Gasteiger partial charge in [-0.15, -0.1) is 0 Å². The third-order valence-electron chi connectivity index (χ3n) is 6.36. The predicted octanol–water partition coefficient (Wildman–Crippen LogP) is 5.94. The Hall–Kier alpha value is -2.34. The van der Waals surface area contributed by atoms with E-state index in [0.717, 1.165) is 0 Å². The van der Waals surface area contributed by atoms with Gasteiger partial charge in [0.1, 0.15) is 0 Å². The summed E-state index contributed by atoms with van der Waals surface area (Å²) in [5.74, 6) is -1.15. The average molecular weight is 631 g/mol. The van der Waals surface area contributed by atoms with Gasteiger partial charge in [-0.25, -0.2) is 21.1 Å². The fourth-order valence-corrected chi connectivity index (χ4v) is 7.42. The zero-order valence-electron chi connectivity index (χ0n) is 20.8. The highest BCUT2D eigenvalue weighted by atomic mass is 35.5. The van der Waals surface area contributed by atoms with Crippen molar-refractivity contribution in [3.63, 3.8) is 0 Å². The third kappa shape index (κ3) is 7.45. The van der Waals surface area contributed by atoms with Crippen LogP contribution in [0.4, 0.5) is 11.4 Å². The molecule has 1 atom stereocenters. The van der Waals surface area contributed by atoms with E-state index in [-0.39, 0.29) is 28.1 Å². The van der Waals surface area contributed by atoms with Crippen molar-refractivity contribution in [2.75, 3.05) is 23.1 Å². The first kappa shape index (κ1) is 29.6. The van der Waals surface area contributed by atoms with E-state index in [1.807, 2.05) is 0 Å². The van der Waals surface area contributed by atoms with Gasteiger partial charge in [-0.1, -0.05) is 46.9 Å². The largest absolute Gasteiger partial charge is 0.326 e. The fourth-order valence-electron chi connectivity index (χ4n) is 4.21. The van der Waals surface area contributed by atoms with Crippen LogP contribution in [0, 0.1) is 12.8 Å². The molecule has 8 nitrogen and oxygen atoms in total. The molecule has 0 aromatic heterocycles. The second kappa shape index (κ2) is 12.0. The molecule has 0 bridgehead atoms. The van der Waals surface area contributed by atoms with E-state index in [2.05, 4.69) is 10.0 Å². The van der Waals surface area contributed by atoms with Crippen LogP contribution in [0.2, 0.25) is 15.1 Å². The maximum atomic E-state index is 13.0. The van der Waals surface area contributed by atoms with E-state index in [1.54, 1.807) is 31.2 Å². The predicted molar refractivity (Wildman–Crippen MR) is 155 cm³/mol. The van der Waals surface area contributed by atoms with Crippen LogP contribution in [-0.2, 0) is 30.6 Å². The van der Waals surface area contributed by atoms with E-state index in [0.29, 0.717) is 51.9 Å². The second-order valence-electron chi connectivity index (χ2n) is 9.28. The molecule has 1 saturated heterocycles. The molecular weight excluding hydrogens is 605 g/mol. The SMILES string of the molecule is Cc1ccc(Cl)cc1NS(=O)(=O)c1ccc(NC(=O)[C@@H]2CCCN(S(=O)(=O)Cc3ccc(Cl)c(Cl)c3)C2)cc1. The van der Waals surface area contributed by atoms with Crippen LogP contribution in [0.25, 0.3) is 0 Å². The normalized spacial score (nSPS) is 16.6. The van der Waals surface area contributed by atoms with E-state index >= 15 is 0 Å². The number of piperidine rings is 1. The second-order valence-corrected chi connectivity index (χ2v) is 14.2. The van der Waals surface area contributed by atoms with Gasteiger partial charge in [0.2, 0.25) is 15.9 Å². The highest BCUT2D eigenvalue weighted by Gasteiger charge is 2.32. The number of sulfonamides is 2. The first-order valence-corrected chi connectivity index (χ1v) is 16.2. The molecule has 2 N–H and O–H groups in total. The Morgan fingerprint density at radius 3 is 2.36 bits per heavy atom. The van der Waals surface area contributed by atoms with Crippen molar-refractivity contribution in [3.05, 3.63) is 86.9 Å². The van der Waals surface area contributed by atoms with E-state index in [1.165, 1.54) is 40.7 Å². The molecule has 0 saturated carbocycles. The van der Waals surface area contributed by atoms with Crippen molar-refractivity contribution in [1.82, 2.24) is 4.31 Å². The summed E-state index contributed by atoms with van der Waals surface area (Å²) in [5.41, 5.74) is 1.99. The number of carbonyl (C=O) groups excluding carboxylic acids is 1. The quantitative estimate of drug-likeness (QED) is 0.320. The fraction of sp³-hybridized carbons (Fsp3) is 0.269. The average Bonchev–Trinajstić information content (AvgIpc) is 2.88. The number of benzene rings is 3. The van der Waals surface area contributed by atoms with Crippen LogP contribution in [0.15, 0.2) is 65.6 Å². The summed E-state index contributed by atoms with van der Waals surface area (Å²) >= 11 is 17.9. The summed E-state index contributed by atoms with van der Waals surface area (Å²) in [7, 11) is -7.57. The van der Waals surface area contributed by atoms with Crippen LogP contribution in [0.3, 0.4) is 0 Å². The molecule has 1 fully saturated rings. The van der Waals surface area contributed by atoms with Gasteiger partial charge in [-0.2, -0.15) is 0 Å². The Labute approximate surface area is 243 Å². The van der Waals surface area contributed by atoms with Crippen molar-refractivity contribution in [2.45, 2.75) is 30.4 Å². The van der Waals surface area contributed by atoms with E-state index < -0.39 is 26.0 Å². The van der Waals surface area contributed by atoms with Crippen LogP contribution in [-0.4, -0.2) is 40.1 Å². The molecule has 3 aromatic carbocycles.